The molecule has 96 valence electrons. The van der Waals surface area contributed by atoms with Gasteiger partial charge in [-0.05, 0) is 19.4 Å². The van der Waals surface area contributed by atoms with Gasteiger partial charge < -0.3 is 5.73 Å². The molecule has 0 aromatic carbocycles. The van der Waals surface area contributed by atoms with Gasteiger partial charge in [0.2, 0.25) is 0 Å². The summed E-state index contributed by atoms with van der Waals surface area (Å²) in [6.45, 7) is 0.434. The molecule has 1 aromatic heterocycles. The predicted octanol–water partition coefficient (Wildman–Crippen LogP) is 1.29. The van der Waals surface area contributed by atoms with Crippen LogP contribution in [0.25, 0.3) is 0 Å². The highest BCUT2D eigenvalue weighted by atomic mass is 19.4. The van der Waals surface area contributed by atoms with E-state index < -0.39 is 12.1 Å². The first-order chi connectivity index (χ1) is 8.00. The molecule has 0 radical (unpaired) electrons. The van der Waals surface area contributed by atoms with Crippen molar-refractivity contribution >= 4 is 0 Å². The lowest BCUT2D eigenvalue weighted by atomic mass is 9.99. The Hall–Kier alpha value is -1.11. The molecule has 1 aromatic rings. The van der Waals surface area contributed by atoms with E-state index in [9.17, 15) is 13.2 Å². The van der Waals surface area contributed by atoms with Crippen molar-refractivity contribution in [2.75, 3.05) is 6.54 Å². The molecule has 1 aliphatic rings. The van der Waals surface area contributed by atoms with Crippen LogP contribution in [0, 0.1) is 5.92 Å². The zero-order valence-corrected chi connectivity index (χ0v) is 9.37. The molecule has 1 aliphatic heterocycles. The lowest BCUT2D eigenvalue weighted by molar-refractivity contribution is -0.182. The molecule has 0 spiro atoms. The molecular formula is C10H15F3N4. The quantitative estimate of drug-likeness (QED) is 0.877. The molecule has 0 aliphatic carbocycles. The molecule has 4 nitrogen and oxygen atoms in total. The van der Waals surface area contributed by atoms with E-state index in [0.717, 1.165) is 6.42 Å². The van der Waals surface area contributed by atoms with E-state index in [-0.39, 0.29) is 13.0 Å². The third-order valence-corrected chi connectivity index (χ3v) is 2.97. The molecule has 0 saturated carbocycles. The molecule has 2 rings (SSSR count). The number of hydrogen-bond donors (Lipinski definition) is 1. The van der Waals surface area contributed by atoms with Crippen molar-refractivity contribution in [1.82, 2.24) is 14.8 Å². The van der Waals surface area contributed by atoms with E-state index in [1.807, 2.05) is 0 Å². The van der Waals surface area contributed by atoms with Gasteiger partial charge in [-0.15, -0.1) is 0 Å². The van der Waals surface area contributed by atoms with Crippen LogP contribution in [0.15, 0.2) is 0 Å². The molecule has 1 unspecified atom stereocenters. The summed E-state index contributed by atoms with van der Waals surface area (Å²) in [5, 5.41) is 4.10. The summed E-state index contributed by atoms with van der Waals surface area (Å²) in [6.07, 6.45) is -2.29. The largest absolute Gasteiger partial charge is 0.393 e. The first kappa shape index (κ1) is 12.3. The average molecular weight is 248 g/mol. The van der Waals surface area contributed by atoms with Crippen LogP contribution in [-0.4, -0.2) is 27.5 Å². The fourth-order valence-corrected chi connectivity index (χ4v) is 1.99. The molecule has 17 heavy (non-hydrogen) atoms. The highest BCUT2D eigenvalue weighted by Crippen LogP contribution is 2.33. The van der Waals surface area contributed by atoms with Gasteiger partial charge in [-0.3, -0.25) is 0 Å². The molecule has 2 heterocycles. The van der Waals surface area contributed by atoms with E-state index in [1.54, 1.807) is 0 Å². The molecule has 0 fully saturated rings. The Labute approximate surface area is 97.0 Å². The van der Waals surface area contributed by atoms with Gasteiger partial charge in [-0.25, -0.2) is 9.67 Å². The standard InChI is InChI=1S/C10H15F3N4/c11-10(12,13)7-3-4-9-15-8(2-1-5-14)16-17(9)6-7/h7H,1-6,14H2. The highest BCUT2D eigenvalue weighted by molar-refractivity contribution is 4.98. The Bertz CT molecular complexity index is 385. The van der Waals surface area contributed by atoms with Gasteiger partial charge in [-0.1, -0.05) is 0 Å². The van der Waals surface area contributed by atoms with Crippen LogP contribution in [0.2, 0.25) is 0 Å². The topological polar surface area (TPSA) is 56.7 Å². The number of rotatable bonds is 3. The van der Waals surface area contributed by atoms with Crippen molar-refractivity contribution in [3.8, 4) is 0 Å². The number of aryl methyl sites for hydroxylation is 2. The number of halogens is 3. The molecular weight excluding hydrogens is 233 g/mol. The summed E-state index contributed by atoms with van der Waals surface area (Å²) in [6, 6.07) is 0. The van der Waals surface area contributed by atoms with Crippen molar-refractivity contribution in [3.63, 3.8) is 0 Å². The molecule has 0 saturated heterocycles. The van der Waals surface area contributed by atoms with Crippen LogP contribution in [0.3, 0.4) is 0 Å². The third-order valence-electron chi connectivity index (χ3n) is 2.97. The van der Waals surface area contributed by atoms with E-state index in [0.29, 0.717) is 31.0 Å². The van der Waals surface area contributed by atoms with Crippen molar-refractivity contribution < 1.29 is 13.2 Å². The Morgan fingerprint density at radius 2 is 2.18 bits per heavy atom. The van der Waals surface area contributed by atoms with Gasteiger partial charge in [0.15, 0.2) is 5.82 Å². The Morgan fingerprint density at radius 3 is 2.82 bits per heavy atom. The Morgan fingerprint density at radius 1 is 1.41 bits per heavy atom. The first-order valence-electron chi connectivity index (χ1n) is 5.70. The summed E-state index contributed by atoms with van der Waals surface area (Å²) in [5.41, 5.74) is 5.37. The number of alkyl halides is 3. The number of nitrogens with two attached hydrogens (primary N) is 1. The Balaban J connectivity index is 2.07. The summed E-state index contributed by atoms with van der Waals surface area (Å²) in [5.74, 6) is -0.0233. The maximum absolute atomic E-state index is 12.6. The minimum atomic E-state index is -4.14. The van der Waals surface area contributed by atoms with Gasteiger partial charge in [0.05, 0.1) is 12.5 Å². The van der Waals surface area contributed by atoms with Crippen molar-refractivity contribution in [3.05, 3.63) is 11.6 Å². The average Bonchev–Trinajstić information content (AvgIpc) is 2.66. The van der Waals surface area contributed by atoms with E-state index in [1.165, 1.54) is 4.68 Å². The summed E-state index contributed by atoms with van der Waals surface area (Å²) in [7, 11) is 0. The van der Waals surface area contributed by atoms with Crippen LogP contribution in [0.1, 0.15) is 24.5 Å². The highest BCUT2D eigenvalue weighted by Gasteiger charge is 2.42. The lowest BCUT2D eigenvalue weighted by Gasteiger charge is -2.24. The minimum absolute atomic E-state index is 0.103. The van der Waals surface area contributed by atoms with Crippen LogP contribution >= 0.6 is 0 Å². The monoisotopic (exact) mass is 248 g/mol. The maximum atomic E-state index is 12.6. The minimum Gasteiger partial charge on any atom is -0.330 e. The van der Waals surface area contributed by atoms with Gasteiger partial charge >= 0.3 is 6.18 Å². The van der Waals surface area contributed by atoms with Gasteiger partial charge in [-0.2, -0.15) is 18.3 Å². The summed E-state index contributed by atoms with van der Waals surface area (Å²) >= 11 is 0. The molecule has 0 amide bonds. The second-order valence-corrected chi connectivity index (χ2v) is 4.30. The zero-order valence-electron chi connectivity index (χ0n) is 9.37. The fourth-order valence-electron chi connectivity index (χ4n) is 1.99. The summed E-state index contributed by atoms with van der Waals surface area (Å²) in [4.78, 5) is 4.23. The Kier molecular flexibility index (Phi) is 3.37. The first-order valence-corrected chi connectivity index (χ1v) is 5.70. The molecule has 0 bridgehead atoms. The second kappa shape index (κ2) is 4.64. The van der Waals surface area contributed by atoms with Gasteiger partial charge in [0.1, 0.15) is 5.82 Å². The summed E-state index contributed by atoms with van der Waals surface area (Å²) < 4.78 is 39.1. The van der Waals surface area contributed by atoms with Crippen molar-refractivity contribution in [2.45, 2.75) is 38.4 Å². The second-order valence-electron chi connectivity index (χ2n) is 4.30. The van der Waals surface area contributed by atoms with E-state index in [4.69, 9.17) is 5.73 Å². The lowest BCUT2D eigenvalue weighted by Crippen LogP contribution is -2.32. The van der Waals surface area contributed by atoms with Gasteiger partial charge in [0, 0.05) is 12.8 Å². The molecule has 7 heteroatoms. The zero-order chi connectivity index (χ0) is 12.5. The van der Waals surface area contributed by atoms with Crippen LogP contribution < -0.4 is 5.73 Å². The van der Waals surface area contributed by atoms with Crippen LogP contribution in [0.4, 0.5) is 13.2 Å². The molecule has 2 N–H and O–H groups in total. The maximum Gasteiger partial charge on any atom is 0.393 e. The van der Waals surface area contributed by atoms with Crippen molar-refractivity contribution in [1.29, 1.82) is 0 Å². The number of nitrogens with zero attached hydrogens (tertiary/aromatic N) is 3. The number of hydrogen-bond acceptors (Lipinski definition) is 3. The SMILES string of the molecule is NCCCc1nc2n(n1)CC(C(F)(F)F)CC2. The molecule has 1 atom stereocenters. The predicted molar refractivity (Wildman–Crippen MR) is 55.3 cm³/mol. The normalized spacial score (nSPS) is 20.4. The smallest absolute Gasteiger partial charge is 0.330 e. The number of aromatic nitrogens is 3. The van der Waals surface area contributed by atoms with E-state index >= 15 is 0 Å². The van der Waals surface area contributed by atoms with Gasteiger partial charge in [0.25, 0.3) is 0 Å². The fraction of sp³-hybridized carbons (Fsp3) is 0.800. The van der Waals surface area contributed by atoms with Crippen LogP contribution in [-0.2, 0) is 19.4 Å². The van der Waals surface area contributed by atoms with Crippen molar-refractivity contribution in [2.24, 2.45) is 11.7 Å². The van der Waals surface area contributed by atoms with Crippen LogP contribution in [0.5, 0.6) is 0 Å². The van der Waals surface area contributed by atoms with E-state index in [2.05, 4.69) is 10.1 Å². The number of fused-ring (bicyclic) bond motifs is 1. The third kappa shape index (κ3) is 2.77.